The molecule has 0 spiro atoms. The number of carbonyl (C=O) groups excluding carboxylic acids is 1. The molecule has 24 heavy (non-hydrogen) atoms. The van der Waals surface area contributed by atoms with Gasteiger partial charge in [0.05, 0.1) is 0 Å². The van der Waals surface area contributed by atoms with Gasteiger partial charge in [0.25, 0.3) is 11.5 Å². The zero-order valence-electron chi connectivity index (χ0n) is 13.3. The summed E-state index contributed by atoms with van der Waals surface area (Å²) < 4.78 is 0. The molecule has 0 saturated carbocycles. The maximum Gasteiger partial charge on any atom is 0.261 e. The highest BCUT2D eigenvalue weighted by molar-refractivity contribution is 7.07. The van der Waals surface area contributed by atoms with Crippen molar-refractivity contribution in [3.8, 4) is 11.3 Å². The van der Waals surface area contributed by atoms with Crippen molar-refractivity contribution < 1.29 is 4.79 Å². The molecule has 0 radical (unpaired) electrons. The second-order valence-corrected chi connectivity index (χ2v) is 6.47. The number of carbonyl (C=O) groups is 1. The molecule has 0 aliphatic rings. The van der Waals surface area contributed by atoms with E-state index in [9.17, 15) is 9.59 Å². The Balaban J connectivity index is 1.72. The standard InChI is InChI=1S/C19H18N2O2S/c1-13(11-14-9-10-24-12-14)20-18(22)16-7-8-17(21-19(16)23)15-5-3-2-4-6-15/h2-10,12-13H,11H2,1H3,(H,20,22)(H,21,23)/t13-/m0/s1. The van der Waals surface area contributed by atoms with E-state index in [0.717, 1.165) is 12.0 Å². The summed E-state index contributed by atoms with van der Waals surface area (Å²) in [5.41, 5.74) is 2.54. The molecule has 3 rings (SSSR count). The number of thiophene rings is 1. The Morgan fingerprint density at radius 1 is 1.17 bits per heavy atom. The van der Waals surface area contributed by atoms with Gasteiger partial charge in [0.15, 0.2) is 0 Å². The highest BCUT2D eigenvalue weighted by Crippen LogP contribution is 2.14. The molecule has 0 fully saturated rings. The van der Waals surface area contributed by atoms with Gasteiger partial charge in [0, 0.05) is 11.7 Å². The minimum Gasteiger partial charge on any atom is -0.349 e. The van der Waals surface area contributed by atoms with Gasteiger partial charge in [0.2, 0.25) is 0 Å². The molecule has 2 N–H and O–H groups in total. The number of H-pyrrole nitrogens is 1. The van der Waals surface area contributed by atoms with Crippen LogP contribution in [0, 0.1) is 0 Å². The van der Waals surface area contributed by atoms with E-state index in [1.54, 1.807) is 23.5 Å². The van der Waals surface area contributed by atoms with Crippen LogP contribution in [0.4, 0.5) is 0 Å². The van der Waals surface area contributed by atoms with Crippen LogP contribution in [-0.2, 0) is 6.42 Å². The Morgan fingerprint density at radius 2 is 1.96 bits per heavy atom. The third-order valence-electron chi connectivity index (χ3n) is 3.74. The topological polar surface area (TPSA) is 62.0 Å². The van der Waals surface area contributed by atoms with Crippen molar-refractivity contribution in [3.05, 3.63) is 80.8 Å². The molecule has 0 bridgehead atoms. The van der Waals surface area contributed by atoms with Crippen LogP contribution in [0.2, 0.25) is 0 Å². The number of amides is 1. The molecule has 0 aliphatic heterocycles. The van der Waals surface area contributed by atoms with Crippen LogP contribution in [0.1, 0.15) is 22.8 Å². The normalized spacial score (nSPS) is 11.9. The lowest BCUT2D eigenvalue weighted by Gasteiger charge is -2.13. The Hall–Kier alpha value is -2.66. The van der Waals surface area contributed by atoms with Crippen molar-refractivity contribution in [2.45, 2.75) is 19.4 Å². The van der Waals surface area contributed by atoms with Crippen LogP contribution in [0.3, 0.4) is 0 Å². The van der Waals surface area contributed by atoms with Crippen molar-refractivity contribution in [1.82, 2.24) is 10.3 Å². The average molecular weight is 338 g/mol. The van der Waals surface area contributed by atoms with E-state index in [1.165, 1.54) is 5.56 Å². The van der Waals surface area contributed by atoms with E-state index in [1.807, 2.05) is 48.7 Å². The van der Waals surface area contributed by atoms with Crippen molar-refractivity contribution in [1.29, 1.82) is 0 Å². The molecule has 1 amide bonds. The van der Waals surface area contributed by atoms with Crippen molar-refractivity contribution in [2.24, 2.45) is 0 Å². The van der Waals surface area contributed by atoms with Gasteiger partial charge in [-0.05, 0) is 53.4 Å². The van der Waals surface area contributed by atoms with Gasteiger partial charge in [-0.25, -0.2) is 0 Å². The van der Waals surface area contributed by atoms with E-state index in [4.69, 9.17) is 0 Å². The van der Waals surface area contributed by atoms with Crippen LogP contribution < -0.4 is 10.9 Å². The predicted octanol–water partition coefficient (Wildman–Crippen LogP) is 3.46. The first kappa shape index (κ1) is 16.2. The molecule has 0 unspecified atom stereocenters. The van der Waals surface area contributed by atoms with E-state index in [-0.39, 0.29) is 23.1 Å². The number of hydrogen-bond acceptors (Lipinski definition) is 3. The summed E-state index contributed by atoms with van der Waals surface area (Å²) in [6.07, 6.45) is 0.745. The Morgan fingerprint density at radius 3 is 2.62 bits per heavy atom. The minimum absolute atomic E-state index is 0.0414. The number of nitrogens with one attached hydrogen (secondary N) is 2. The zero-order valence-corrected chi connectivity index (χ0v) is 14.1. The Kier molecular flexibility index (Phi) is 4.91. The molecule has 1 aromatic carbocycles. The molecule has 122 valence electrons. The van der Waals surface area contributed by atoms with Gasteiger partial charge in [-0.3, -0.25) is 9.59 Å². The minimum atomic E-state index is -0.378. The predicted molar refractivity (Wildman–Crippen MR) is 97.4 cm³/mol. The fraction of sp³-hybridized carbons (Fsp3) is 0.158. The first-order chi connectivity index (χ1) is 11.6. The highest BCUT2D eigenvalue weighted by atomic mass is 32.1. The van der Waals surface area contributed by atoms with Gasteiger partial charge < -0.3 is 10.3 Å². The van der Waals surface area contributed by atoms with Crippen molar-refractivity contribution >= 4 is 17.2 Å². The summed E-state index contributed by atoms with van der Waals surface area (Å²) in [4.78, 5) is 27.3. The lowest BCUT2D eigenvalue weighted by Crippen LogP contribution is -2.37. The molecule has 4 nitrogen and oxygen atoms in total. The molecule has 2 heterocycles. The highest BCUT2D eigenvalue weighted by Gasteiger charge is 2.14. The van der Waals surface area contributed by atoms with Crippen molar-refractivity contribution in [3.63, 3.8) is 0 Å². The van der Waals surface area contributed by atoms with Crippen LogP contribution in [-0.4, -0.2) is 16.9 Å². The average Bonchev–Trinajstić information content (AvgIpc) is 3.08. The second-order valence-electron chi connectivity index (χ2n) is 5.69. The first-order valence-electron chi connectivity index (χ1n) is 7.74. The van der Waals surface area contributed by atoms with E-state index < -0.39 is 0 Å². The quantitative estimate of drug-likeness (QED) is 0.748. The number of aromatic amines is 1. The number of hydrogen-bond donors (Lipinski definition) is 2. The van der Waals surface area contributed by atoms with Crippen molar-refractivity contribution in [2.75, 3.05) is 0 Å². The maximum absolute atomic E-state index is 12.3. The molecule has 5 heteroatoms. The second kappa shape index (κ2) is 7.27. The number of benzene rings is 1. The summed E-state index contributed by atoms with van der Waals surface area (Å²) in [7, 11) is 0. The number of pyridine rings is 1. The van der Waals surface area contributed by atoms with Gasteiger partial charge in [0.1, 0.15) is 5.56 Å². The van der Waals surface area contributed by atoms with Gasteiger partial charge in [-0.1, -0.05) is 30.3 Å². The number of aromatic nitrogens is 1. The van der Waals surface area contributed by atoms with Crippen LogP contribution in [0.5, 0.6) is 0 Å². The fourth-order valence-electron chi connectivity index (χ4n) is 2.55. The van der Waals surface area contributed by atoms with Gasteiger partial charge in [-0.15, -0.1) is 0 Å². The third kappa shape index (κ3) is 3.81. The smallest absolute Gasteiger partial charge is 0.261 e. The number of rotatable bonds is 5. The maximum atomic E-state index is 12.3. The molecular formula is C19H18N2O2S. The molecule has 0 aliphatic carbocycles. The fourth-order valence-corrected chi connectivity index (χ4v) is 3.24. The summed E-state index contributed by atoms with van der Waals surface area (Å²) in [6, 6.07) is 14.9. The van der Waals surface area contributed by atoms with E-state index in [0.29, 0.717) is 5.69 Å². The monoisotopic (exact) mass is 338 g/mol. The first-order valence-corrected chi connectivity index (χ1v) is 8.68. The van der Waals surface area contributed by atoms with Crippen LogP contribution >= 0.6 is 11.3 Å². The van der Waals surface area contributed by atoms with E-state index >= 15 is 0 Å². The summed E-state index contributed by atoms with van der Waals surface area (Å²) in [5, 5.41) is 6.95. The Labute approximate surface area is 144 Å². The van der Waals surface area contributed by atoms with Crippen LogP contribution in [0.25, 0.3) is 11.3 Å². The summed E-state index contributed by atoms with van der Waals surface area (Å²) in [6.45, 7) is 1.93. The lowest BCUT2D eigenvalue weighted by atomic mass is 10.1. The van der Waals surface area contributed by atoms with Gasteiger partial charge in [-0.2, -0.15) is 11.3 Å². The largest absolute Gasteiger partial charge is 0.349 e. The van der Waals surface area contributed by atoms with Crippen LogP contribution in [0.15, 0.2) is 64.1 Å². The summed E-state index contributed by atoms with van der Waals surface area (Å²) in [5.74, 6) is -0.349. The molecule has 3 aromatic rings. The third-order valence-corrected chi connectivity index (χ3v) is 4.47. The lowest BCUT2D eigenvalue weighted by molar-refractivity contribution is 0.0938. The van der Waals surface area contributed by atoms with Gasteiger partial charge >= 0.3 is 0 Å². The SMILES string of the molecule is C[C@@H](Cc1ccsc1)NC(=O)c1ccc(-c2ccccc2)[nH]c1=O. The molecular weight excluding hydrogens is 320 g/mol. The molecule has 0 saturated heterocycles. The zero-order chi connectivity index (χ0) is 16.9. The van der Waals surface area contributed by atoms with E-state index in [2.05, 4.69) is 15.7 Å². The Bertz CT molecular complexity index is 870. The molecule has 2 aromatic heterocycles. The summed E-state index contributed by atoms with van der Waals surface area (Å²) >= 11 is 1.63. The molecule has 1 atom stereocenters.